The minimum atomic E-state index is -0.890. The number of benzene rings is 1. The lowest BCUT2D eigenvalue weighted by Crippen LogP contribution is -2.47. The molecule has 22 heavy (non-hydrogen) atoms. The summed E-state index contributed by atoms with van der Waals surface area (Å²) in [5, 5.41) is 11.4. The number of methoxy groups -OCH3 is 2. The van der Waals surface area contributed by atoms with Crippen molar-refractivity contribution in [1.82, 2.24) is 5.32 Å². The van der Waals surface area contributed by atoms with Gasteiger partial charge in [0, 0.05) is 19.4 Å². The van der Waals surface area contributed by atoms with E-state index < -0.39 is 24.0 Å². The number of nitriles is 1. The molecule has 0 saturated heterocycles. The molecular weight excluding hydrogens is 284 g/mol. The minimum Gasteiger partial charge on any atom is -0.467 e. The molecule has 0 aliphatic rings. The molecule has 0 saturated carbocycles. The van der Waals surface area contributed by atoms with Gasteiger partial charge in [0.25, 0.3) is 5.91 Å². The summed E-state index contributed by atoms with van der Waals surface area (Å²) in [6.07, 6.45) is -0.703. The summed E-state index contributed by atoms with van der Waals surface area (Å²) in [6, 6.07) is 10.0. The van der Waals surface area contributed by atoms with Gasteiger partial charge in [-0.15, -0.1) is 0 Å². The highest BCUT2D eigenvalue weighted by Gasteiger charge is 2.31. The molecule has 0 radical (unpaired) electrons. The number of esters is 1. The van der Waals surface area contributed by atoms with Crippen LogP contribution in [0.5, 0.6) is 0 Å². The van der Waals surface area contributed by atoms with Crippen molar-refractivity contribution in [3.63, 3.8) is 0 Å². The molecule has 0 spiro atoms. The fraction of sp³-hybridized carbons (Fsp3) is 0.438. The molecule has 118 valence electrons. The molecule has 0 unspecified atom stereocenters. The maximum Gasteiger partial charge on any atom is 0.328 e. The van der Waals surface area contributed by atoms with Gasteiger partial charge in [-0.3, -0.25) is 4.79 Å². The third-order valence-corrected chi connectivity index (χ3v) is 3.31. The van der Waals surface area contributed by atoms with Crippen molar-refractivity contribution in [2.45, 2.75) is 25.5 Å². The summed E-state index contributed by atoms with van der Waals surface area (Å²) in [4.78, 5) is 24.2. The van der Waals surface area contributed by atoms with E-state index in [4.69, 9.17) is 14.7 Å². The average Bonchev–Trinajstić information content (AvgIpc) is 2.53. The van der Waals surface area contributed by atoms with Crippen LogP contribution >= 0.6 is 0 Å². The fourth-order valence-electron chi connectivity index (χ4n) is 2.07. The third kappa shape index (κ3) is 4.57. The molecule has 0 aliphatic heterocycles. The zero-order valence-corrected chi connectivity index (χ0v) is 12.9. The molecule has 0 fully saturated rings. The summed E-state index contributed by atoms with van der Waals surface area (Å²) in [6.45, 7) is 1.70. The van der Waals surface area contributed by atoms with Gasteiger partial charge in [-0.25, -0.2) is 4.79 Å². The SMILES string of the molecule is COC(=O)[C@H](NC(=O)[C@H](OC)c1ccccc1)[C@@H](C)CC#N. The monoisotopic (exact) mass is 304 g/mol. The molecule has 6 nitrogen and oxygen atoms in total. The van der Waals surface area contributed by atoms with Gasteiger partial charge in [0.2, 0.25) is 0 Å². The number of carbonyl (C=O) groups excluding carboxylic acids is 2. The Hall–Kier alpha value is -2.39. The van der Waals surface area contributed by atoms with E-state index in [9.17, 15) is 9.59 Å². The Balaban J connectivity index is 2.89. The van der Waals surface area contributed by atoms with E-state index in [1.165, 1.54) is 14.2 Å². The first-order chi connectivity index (χ1) is 10.5. The molecule has 1 aromatic carbocycles. The standard InChI is InChI=1S/C16H20N2O4/c1-11(9-10-17)13(16(20)22-3)18-15(19)14(21-2)12-7-5-4-6-8-12/h4-8,11,13-14H,9H2,1-3H3,(H,18,19)/t11-,13+,14+/m0/s1. The largest absolute Gasteiger partial charge is 0.467 e. The Labute approximate surface area is 130 Å². The van der Waals surface area contributed by atoms with E-state index in [1.54, 1.807) is 31.2 Å². The molecule has 0 aromatic heterocycles. The summed E-state index contributed by atoms with van der Waals surface area (Å²) >= 11 is 0. The van der Waals surface area contributed by atoms with Crippen LogP contribution in [0.2, 0.25) is 0 Å². The lowest BCUT2D eigenvalue weighted by molar-refractivity contribution is -0.148. The van der Waals surface area contributed by atoms with E-state index in [2.05, 4.69) is 5.32 Å². The summed E-state index contributed by atoms with van der Waals surface area (Å²) < 4.78 is 9.92. The van der Waals surface area contributed by atoms with Crippen molar-refractivity contribution in [2.75, 3.05) is 14.2 Å². The molecule has 1 amide bonds. The van der Waals surface area contributed by atoms with Crippen LogP contribution in [0.4, 0.5) is 0 Å². The number of nitrogens with zero attached hydrogens (tertiary/aromatic N) is 1. The number of ether oxygens (including phenoxy) is 2. The van der Waals surface area contributed by atoms with Crippen molar-refractivity contribution >= 4 is 11.9 Å². The van der Waals surface area contributed by atoms with Gasteiger partial charge in [0.05, 0.1) is 13.2 Å². The predicted molar refractivity (Wildman–Crippen MR) is 79.5 cm³/mol. The number of amides is 1. The second-order valence-corrected chi connectivity index (χ2v) is 4.88. The number of rotatable bonds is 7. The van der Waals surface area contributed by atoms with Gasteiger partial charge < -0.3 is 14.8 Å². The van der Waals surface area contributed by atoms with Crippen LogP contribution in [0.3, 0.4) is 0 Å². The Morgan fingerprint density at radius 1 is 1.27 bits per heavy atom. The molecule has 0 heterocycles. The van der Waals surface area contributed by atoms with Gasteiger partial charge in [-0.2, -0.15) is 5.26 Å². The molecule has 0 bridgehead atoms. The second kappa shape index (κ2) is 8.80. The normalized spacial score (nSPS) is 14.3. The van der Waals surface area contributed by atoms with Gasteiger partial charge in [-0.1, -0.05) is 37.3 Å². The topological polar surface area (TPSA) is 88.4 Å². The van der Waals surface area contributed by atoms with Crippen LogP contribution in [-0.4, -0.2) is 32.1 Å². The van der Waals surface area contributed by atoms with Crippen LogP contribution in [0.25, 0.3) is 0 Å². The zero-order chi connectivity index (χ0) is 16.5. The van der Waals surface area contributed by atoms with Crippen molar-refractivity contribution in [1.29, 1.82) is 5.26 Å². The van der Waals surface area contributed by atoms with Gasteiger partial charge >= 0.3 is 5.97 Å². The summed E-state index contributed by atoms with van der Waals surface area (Å²) in [5.41, 5.74) is 0.680. The van der Waals surface area contributed by atoms with Crippen LogP contribution in [0, 0.1) is 17.2 Å². The Morgan fingerprint density at radius 2 is 1.91 bits per heavy atom. The maximum atomic E-state index is 12.4. The van der Waals surface area contributed by atoms with Crippen LogP contribution in [0.15, 0.2) is 30.3 Å². The highest BCUT2D eigenvalue weighted by atomic mass is 16.5. The maximum absolute atomic E-state index is 12.4. The van der Waals surface area contributed by atoms with Crippen molar-refractivity contribution in [2.24, 2.45) is 5.92 Å². The molecule has 1 N–H and O–H groups in total. The lowest BCUT2D eigenvalue weighted by Gasteiger charge is -2.24. The van der Waals surface area contributed by atoms with Crippen molar-refractivity contribution in [3.05, 3.63) is 35.9 Å². The number of carbonyl (C=O) groups is 2. The fourth-order valence-corrected chi connectivity index (χ4v) is 2.07. The smallest absolute Gasteiger partial charge is 0.328 e. The van der Waals surface area contributed by atoms with E-state index in [0.717, 1.165) is 0 Å². The molecule has 1 rings (SSSR count). The summed E-state index contributed by atoms with van der Waals surface area (Å²) in [5.74, 6) is -1.40. The minimum absolute atomic E-state index is 0.128. The second-order valence-electron chi connectivity index (χ2n) is 4.88. The van der Waals surface area contributed by atoms with E-state index in [0.29, 0.717) is 5.56 Å². The number of hydrogen-bond acceptors (Lipinski definition) is 5. The highest BCUT2D eigenvalue weighted by Crippen LogP contribution is 2.18. The Bertz CT molecular complexity index is 539. The van der Waals surface area contributed by atoms with Crippen LogP contribution < -0.4 is 5.32 Å². The van der Waals surface area contributed by atoms with E-state index >= 15 is 0 Å². The number of hydrogen-bond donors (Lipinski definition) is 1. The molecule has 0 aliphatic carbocycles. The third-order valence-electron chi connectivity index (χ3n) is 3.31. The quantitative estimate of drug-likeness (QED) is 0.773. The first-order valence-corrected chi connectivity index (χ1v) is 6.88. The predicted octanol–water partition coefficient (Wildman–Crippen LogP) is 1.58. The molecule has 6 heteroatoms. The molecule has 1 aromatic rings. The van der Waals surface area contributed by atoms with Crippen molar-refractivity contribution in [3.8, 4) is 6.07 Å². The first-order valence-electron chi connectivity index (χ1n) is 6.88. The van der Waals surface area contributed by atoms with E-state index in [-0.39, 0.29) is 12.3 Å². The average molecular weight is 304 g/mol. The number of nitrogens with one attached hydrogen (secondary N) is 1. The lowest BCUT2D eigenvalue weighted by atomic mass is 9.98. The molecular formula is C16H20N2O4. The molecule has 3 atom stereocenters. The van der Waals surface area contributed by atoms with Crippen LogP contribution in [0.1, 0.15) is 25.0 Å². The zero-order valence-electron chi connectivity index (χ0n) is 12.9. The Kier molecular flexibility index (Phi) is 7.06. The van der Waals surface area contributed by atoms with E-state index in [1.807, 2.05) is 12.1 Å². The van der Waals surface area contributed by atoms with Gasteiger partial charge in [0.15, 0.2) is 6.10 Å². The highest BCUT2D eigenvalue weighted by molar-refractivity contribution is 5.87. The van der Waals surface area contributed by atoms with Gasteiger partial charge in [0.1, 0.15) is 6.04 Å². The summed E-state index contributed by atoms with van der Waals surface area (Å²) in [7, 11) is 2.66. The van der Waals surface area contributed by atoms with Crippen molar-refractivity contribution < 1.29 is 19.1 Å². The Morgan fingerprint density at radius 3 is 2.41 bits per heavy atom. The van der Waals surface area contributed by atoms with Crippen LogP contribution in [-0.2, 0) is 19.1 Å². The van der Waals surface area contributed by atoms with Gasteiger partial charge in [-0.05, 0) is 5.56 Å². The first kappa shape index (κ1) is 17.7.